The van der Waals surface area contributed by atoms with Crippen molar-refractivity contribution in [2.75, 3.05) is 6.54 Å². The van der Waals surface area contributed by atoms with Crippen LogP contribution in [0.4, 0.5) is 4.79 Å². The molecule has 0 unspecified atom stereocenters. The second kappa shape index (κ2) is 5.41. The van der Waals surface area contributed by atoms with Gasteiger partial charge in [0.2, 0.25) is 0 Å². The smallest absolute Gasteiger partial charge is 0.324 e. The molecule has 60 valence electrons. The van der Waals surface area contributed by atoms with Gasteiger partial charge in [-0.25, -0.2) is 4.79 Å². The van der Waals surface area contributed by atoms with E-state index in [9.17, 15) is 4.79 Å². The van der Waals surface area contributed by atoms with Gasteiger partial charge < -0.3 is 5.73 Å². The minimum absolute atomic E-state index is 0.473. The molecule has 0 fully saturated rings. The van der Waals surface area contributed by atoms with Crippen molar-refractivity contribution < 1.29 is 4.79 Å². The molecule has 4 heteroatoms. The summed E-state index contributed by atoms with van der Waals surface area (Å²) < 4.78 is 1.23. The summed E-state index contributed by atoms with van der Waals surface area (Å²) in [5.74, 6) is 0. The molecule has 2 amide bonds. The summed E-state index contributed by atoms with van der Waals surface area (Å²) in [5, 5.41) is 0. The zero-order chi connectivity index (χ0) is 7.98. The third-order valence-corrected chi connectivity index (χ3v) is 1.62. The summed E-state index contributed by atoms with van der Waals surface area (Å²) in [5.41, 5.74) is 4.93. The van der Waals surface area contributed by atoms with Gasteiger partial charge in [0.15, 0.2) is 0 Å². The first-order valence-corrected chi connectivity index (χ1v) is 3.84. The van der Waals surface area contributed by atoms with Crippen LogP contribution in [-0.4, -0.2) is 16.9 Å². The van der Waals surface area contributed by atoms with Crippen LogP contribution in [0.15, 0.2) is 0 Å². The second-order valence-corrected chi connectivity index (χ2v) is 2.65. The van der Waals surface area contributed by atoms with E-state index in [1.54, 1.807) is 0 Å². The van der Waals surface area contributed by atoms with Crippen molar-refractivity contribution in [2.24, 2.45) is 5.73 Å². The fourth-order valence-corrected chi connectivity index (χ4v) is 0.763. The minimum Gasteiger partial charge on any atom is -0.351 e. The van der Waals surface area contributed by atoms with Crippen LogP contribution in [0.1, 0.15) is 26.2 Å². The summed E-state index contributed by atoms with van der Waals surface area (Å²) in [6.45, 7) is 2.75. The first-order valence-electron chi connectivity index (χ1n) is 3.44. The molecule has 0 aliphatic rings. The maximum atomic E-state index is 10.4. The number of unbranched alkanes of at least 4 members (excludes halogenated alkanes) is 2. The van der Waals surface area contributed by atoms with Gasteiger partial charge in [-0.2, -0.15) is 0 Å². The van der Waals surface area contributed by atoms with Gasteiger partial charge >= 0.3 is 6.03 Å². The lowest BCUT2D eigenvalue weighted by atomic mass is 10.2. The van der Waals surface area contributed by atoms with E-state index in [2.05, 4.69) is 19.7 Å². The molecule has 0 aliphatic heterocycles. The Morgan fingerprint density at radius 1 is 1.60 bits per heavy atom. The maximum absolute atomic E-state index is 10.4. The molecule has 0 saturated heterocycles. The molecule has 0 aromatic rings. The van der Waals surface area contributed by atoms with Gasteiger partial charge in [0.1, 0.15) is 0 Å². The molecule has 0 rings (SSSR count). The van der Waals surface area contributed by atoms with E-state index < -0.39 is 6.03 Å². The van der Waals surface area contributed by atoms with Crippen LogP contribution in [0.2, 0.25) is 0 Å². The van der Waals surface area contributed by atoms with Crippen LogP contribution in [0.5, 0.6) is 0 Å². The lowest BCUT2D eigenvalue weighted by molar-refractivity contribution is 0.235. The highest BCUT2D eigenvalue weighted by Crippen LogP contribution is 1.99. The number of nitrogens with two attached hydrogens (primary N) is 1. The summed E-state index contributed by atoms with van der Waals surface area (Å²) in [6.07, 6.45) is 3.23. The summed E-state index contributed by atoms with van der Waals surface area (Å²) in [7, 11) is 0. The molecular weight excluding hydrogens is 148 g/mol. The van der Waals surface area contributed by atoms with Crippen LogP contribution in [0.3, 0.4) is 0 Å². The van der Waals surface area contributed by atoms with Crippen molar-refractivity contribution >= 4 is 18.8 Å². The SMILES string of the molecule is CCCCCN(S)C(N)=O. The Morgan fingerprint density at radius 3 is 2.60 bits per heavy atom. The van der Waals surface area contributed by atoms with Crippen molar-refractivity contribution in [3.63, 3.8) is 0 Å². The topological polar surface area (TPSA) is 46.3 Å². The van der Waals surface area contributed by atoms with E-state index in [1.807, 2.05) is 0 Å². The molecule has 0 saturated carbocycles. The zero-order valence-corrected chi connectivity index (χ0v) is 7.10. The monoisotopic (exact) mass is 162 g/mol. The van der Waals surface area contributed by atoms with E-state index in [4.69, 9.17) is 5.73 Å². The van der Waals surface area contributed by atoms with Gasteiger partial charge in [0.05, 0.1) is 0 Å². The van der Waals surface area contributed by atoms with Gasteiger partial charge in [-0.05, 0) is 6.42 Å². The number of nitrogens with zero attached hydrogens (tertiary/aromatic N) is 1. The number of thiol groups is 1. The molecule has 0 radical (unpaired) electrons. The molecule has 0 spiro atoms. The first kappa shape index (κ1) is 9.62. The van der Waals surface area contributed by atoms with E-state index in [0.29, 0.717) is 6.54 Å². The third kappa shape index (κ3) is 4.49. The fraction of sp³-hybridized carbons (Fsp3) is 0.833. The van der Waals surface area contributed by atoms with E-state index in [0.717, 1.165) is 19.3 Å². The highest BCUT2D eigenvalue weighted by atomic mass is 32.1. The number of hydrogen-bond acceptors (Lipinski definition) is 2. The average Bonchev–Trinajstić information content (AvgIpc) is 1.88. The van der Waals surface area contributed by atoms with Gasteiger partial charge in [-0.15, -0.1) is 0 Å². The Morgan fingerprint density at radius 2 is 2.20 bits per heavy atom. The molecule has 10 heavy (non-hydrogen) atoms. The van der Waals surface area contributed by atoms with Crippen molar-refractivity contribution in [1.82, 2.24) is 4.31 Å². The van der Waals surface area contributed by atoms with Crippen LogP contribution < -0.4 is 5.73 Å². The molecular formula is C6H14N2OS. The quantitative estimate of drug-likeness (QED) is 0.476. The molecule has 0 aliphatic carbocycles. The Bertz CT molecular complexity index is 108. The van der Waals surface area contributed by atoms with Crippen molar-refractivity contribution in [3.8, 4) is 0 Å². The van der Waals surface area contributed by atoms with E-state index in [-0.39, 0.29) is 0 Å². The Labute approximate surface area is 67.1 Å². The lowest BCUT2D eigenvalue weighted by Crippen LogP contribution is -2.28. The number of amides is 2. The third-order valence-electron chi connectivity index (χ3n) is 1.23. The summed E-state index contributed by atoms with van der Waals surface area (Å²) in [4.78, 5) is 10.4. The van der Waals surface area contributed by atoms with Crippen molar-refractivity contribution in [3.05, 3.63) is 0 Å². The van der Waals surface area contributed by atoms with Gasteiger partial charge in [0.25, 0.3) is 0 Å². The van der Waals surface area contributed by atoms with Gasteiger partial charge in [-0.3, -0.25) is 4.31 Å². The fourth-order valence-electron chi connectivity index (χ4n) is 0.622. The predicted octanol–water partition coefficient (Wildman–Crippen LogP) is 1.40. The first-order chi connectivity index (χ1) is 4.68. The average molecular weight is 162 g/mol. The van der Waals surface area contributed by atoms with Crippen molar-refractivity contribution in [2.45, 2.75) is 26.2 Å². The summed E-state index contributed by atoms with van der Waals surface area (Å²) >= 11 is 3.86. The summed E-state index contributed by atoms with van der Waals surface area (Å²) in [6, 6.07) is -0.473. The van der Waals surface area contributed by atoms with E-state index in [1.165, 1.54) is 4.31 Å². The molecule has 0 aromatic heterocycles. The van der Waals surface area contributed by atoms with Crippen LogP contribution in [0.25, 0.3) is 0 Å². The number of primary amides is 1. The minimum atomic E-state index is -0.473. The molecule has 0 heterocycles. The van der Waals surface area contributed by atoms with Crippen molar-refractivity contribution in [1.29, 1.82) is 0 Å². The Hall–Kier alpha value is -0.380. The van der Waals surface area contributed by atoms with Crippen LogP contribution >= 0.6 is 12.8 Å². The zero-order valence-electron chi connectivity index (χ0n) is 6.21. The Balaban J connectivity index is 3.21. The van der Waals surface area contributed by atoms with E-state index >= 15 is 0 Å². The van der Waals surface area contributed by atoms with Crippen LogP contribution in [0, 0.1) is 0 Å². The number of urea groups is 1. The van der Waals surface area contributed by atoms with Gasteiger partial charge in [0, 0.05) is 6.54 Å². The highest BCUT2D eigenvalue weighted by molar-refractivity contribution is 7.78. The Kier molecular flexibility index (Phi) is 5.20. The van der Waals surface area contributed by atoms with Crippen LogP contribution in [-0.2, 0) is 0 Å². The van der Waals surface area contributed by atoms with Gasteiger partial charge in [-0.1, -0.05) is 32.6 Å². The predicted molar refractivity (Wildman–Crippen MR) is 44.8 cm³/mol. The second-order valence-electron chi connectivity index (χ2n) is 2.17. The molecule has 3 nitrogen and oxygen atoms in total. The molecule has 0 bridgehead atoms. The number of hydrogen-bond donors (Lipinski definition) is 2. The maximum Gasteiger partial charge on any atom is 0.324 e. The number of rotatable bonds is 4. The lowest BCUT2D eigenvalue weighted by Gasteiger charge is -2.10. The number of carbonyl (C=O) groups is 1. The largest absolute Gasteiger partial charge is 0.351 e. The molecule has 0 atom stereocenters. The standard InChI is InChI=1S/C6H14N2OS/c1-2-3-4-5-8(10)6(7)9/h10H,2-5H2,1H3,(H2,7,9). The number of carbonyl (C=O) groups excluding carboxylic acids is 1. The molecule has 2 N–H and O–H groups in total. The highest BCUT2D eigenvalue weighted by Gasteiger charge is 2.01. The molecule has 0 aromatic carbocycles. The normalized spacial score (nSPS) is 9.40.